The molecule has 0 aromatic heterocycles. The normalized spacial score (nSPS) is 18.5. The number of halogens is 4. The van der Waals surface area contributed by atoms with Gasteiger partial charge in [-0.15, -0.1) is 13.2 Å². The van der Waals surface area contributed by atoms with E-state index in [1.54, 1.807) is 24.3 Å². The second-order valence-corrected chi connectivity index (χ2v) is 8.74. The average molecular weight is 445 g/mol. The first-order valence-corrected chi connectivity index (χ1v) is 11.4. The third-order valence-corrected chi connectivity index (χ3v) is 6.60. The van der Waals surface area contributed by atoms with Crippen LogP contribution in [0.4, 0.5) is 17.6 Å². The lowest BCUT2D eigenvalue weighted by Gasteiger charge is -2.35. The monoisotopic (exact) mass is 444 g/mol. The average Bonchev–Trinajstić information content (AvgIpc) is 2.76. The predicted molar refractivity (Wildman–Crippen MR) is 119 cm³/mol. The number of benzene rings is 3. The maximum atomic E-state index is 14.0. The molecular weight excluding hydrogens is 416 g/mol. The van der Waals surface area contributed by atoms with Crippen molar-refractivity contribution in [1.82, 2.24) is 0 Å². The molecule has 0 amide bonds. The zero-order valence-corrected chi connectivity index (χ0v) is 18.2. The van der Waals surface area contributed by atoms with Gasteiger partial charge in [0.15, 0.2) is 0 Å². The summed E-state index contributed by atoms with van der Waals surface area (Å²) >= 11 is 0. The molecule has 0 unspecified atom stereocenters. The predicted octanol–water partition coefficient (Wildman–Crippen LogP) is 8.54. The van der Waals surface area contributed by atoms with Gasteiger partial charge in [0.1, 0.15) is 11.6 Å². The summed E-state index contributed by atoms with van der Waals surface area (Å²) in [5.74, 6) is 0.0166. The van der Waals surface area contributed by atoms with Crippen LogP contribution in [0.25, 0.3) is 10.8 Å². The second-order valence-electron chi connectivity index (χ2n) is 8.74. The topological polar surface area (TPSA) is 9.23 Å². The van der Waals surface area contributed by atoms with Gasteiger partial charge in [0.2, 0.25) is 0 Å². The van der Waals surface area contributed by atoms with Crippen LogP contribution in [0.2, 0.25) is 0 Å². The number of alkyl halides is 3. The third kappa shape index (κ3) is 5.08. The van der Waals surface area contributed by atoms with Crippen molar-refractivity contribution in [1.29, 1.82) is 0 Å². The van der Waals surface area contributed by atoms with Crippen LogP contribution >= 0.6 is 0 Å². The fraction of sp³-hybridized carbons (Fsp3) is 0.407. The summed E-state index contributed by atoms with van der Waals surface area (Å²) < 4.78 is 55.8. The summed E-state index contributed by atoms with van der Waals surface area (Å²) in [5.41, 5.74) is 3.31. The van der Waals surface area contributed by atoms with Crippen LogP contribution < -0.4 is 4.74 Å². The molecule has 0 heterocycles. The van der Waals surface area contributed by atoms with E-state index in [1.165, 1.54) is 43.0 Å². The zero-order chi connectivity index (χ0) is 22.7. The Balaban J connectivity index is 1.71. The van der Waals surface area contributed by atoms with Crippen LogP contribution in [0.3, 0.4) is 0 Å². The molecule has 0 saturated heterocycles. The molecule has 170 valence electrons. The van der Waals surface area contributed by atoms with Crippen LogP contribution in [0.1, 0.15) is 68.1 Å². The van der Waals surface area contributed by atoms with Gasteiger partial charge in [-0.3, -0.25) is 0 Å². The Hall–Kier alpha value is -2.56. The molecule has 0 bridgehead atoms. The minimum Gasteiger partial charge on any atom is -0.406 e. The molecule has 0 radical (unpaired) electrons. The molecule has 4 rings (SSSR count). The molecule has 0 fully saturated rings. The summed E-state index contributed by atoms with van der Waals surface area (Å²) in [7, 11) is 0. The highest BCUT2D eigenvalue weighted by atomic mass is 19.4. The van der Waals surface area contributed by atoms with E-state index in [-0.39, 0.29) is 17.5 Å². The largest absolute Gasteiger partial charge is 0.573 e. The number of ether oxygens (including phenoxy) is 1. The van der Waals surface area contributed by atoms with Gasteiger partial charge >= 0.3 is 6.36 Å². The first-order chi connectivity index (χ1) is 15.4. The molecule has 1 nitrogen and oxygen atoms in total. The molecule has 0 N–H and O–H groups in total. The first-order valence-electron chi connectivity index (χ1n) is 11.4. The fourth-order valence-electron chi connectivity index (χ4n) is 5.16. The van der Waals surface area contributed by atoms with Crippen molar-refractivity contribution in [2.24, 2.45) is 5.92 Å². The van der Waals surface area contributed by atoms with Gasteiger partial charge in [0.05, 0.1) is 0 Å². The van der Waals surface area contributed by atoms with Gasteiger partial charge in [-0.2, -0.15) is 0 Å². The minimum atomic E-state index is -4.70. The number of aryl methyl sites for hydroxylation is 1. The van der Waals surface area contributed by atoms with E-state index >= 15 is 0 Å². The van der Waals surface area contributed by atoms with Gasteiger partial charge in [-0.05, 0) is 76.9 Å². The fourth-order valence-corrected chi connectivity index (χ4v) is 5.16. The van der Waals surface area contributed by atoms with Gasteiger partial charge in [0, 0.05) is 5.92 Å². The van der Waals surface area contributed by atoms with E-state index < -0.39 is 6.36 Å². The molecule has 1 aliphatic rings. The van der Waals surface area contributed by atoms with E-state index in [2.05, 4.69) is 17.7 Å². The summed E-state index contributed by atoms with van der Waals surface area (Å²) in [6.45, 7) is 2.19. The van der Waals surface area contributed by atoms with Gasteiger partial charge < -0.3 is 4.74 Å². The highest BCUT2D eigenvalue weighted by Crippen LogP contribution is 2.45. The van der Waals surface area contributed by atoms with Crippen molar-refractivity contribution in [3.8, 4) is 5.75 Å². The number of rotatable bonds is 7. The Morgan fingerprint density at radius 3 is 2.41 bits per heavy atom. The zero-order valence-electron chi connectivity index (χ0n) is 18.2. The number of hydrogen-bond acceptors (Lipinski definition) is 1. The maximum absolute atomic E-state index is 14.0. The Morgan fingerprint density at radius 1 is 0.938 bits per heavy atom. The molecule has 3 aromatic carbocycles. The van der Waals surface area contributed by atoms with Gasteiger partial charge in [-0.25, -0.2) is 4.39 Å². The first kappa shape index (κ1) is 22.6. The molecule has 5 heteroatoms. The number of unbranched alkanes of at least 4 members (excludes halogenated alkanes) is 3. The third-order valence-electron chi connectivity index (χ3n) is 6.60. The van der Waals surface area contributed by atoms with E-state index in [0.29, 0.717) is 5.92 Å². The summed E-state index contributed by atoms with van der Waals surface area (Å²) in [6, 6.07) is 15.3. The van der Waals surface area contributed by atoms with Crippen LogP contribution in [-0.4, -0.2) is 6.36 Å². The van der Waals surface area contributed by atoms with Gasteiger partial charge in [-0.1, -0.05) is 62.9 Å². The molecule has 0 saturated carbocycles. The maximum Gasteiger partial charge on any atom is 0.573 e. The van der Waals surface area contributed by atoms with E-state index in [9.17, 15) is 17.6 Å². The SMILES string of the molecule is CCCCCC[C@@H]1CCc2c(ccc3ccc(F)cc23)[C@H]1c1ccc(OC(F)(F)F)cc1. The van der Waals surface area contributed by atoms with Crippen molar-refractivity contribution in [2.45, 2.75) is 64.1 Å². The molecule has 0 aliphatic heterocycles. The lowest BCUT2D eigenvalue weighted by molar-refractivity contribution is -0.274. The van der Waals surface area contributed by atoms with Gasteiger partial charge in [0.25, 0.3) is 0 Å². The van der Waals surface area contributed by atoms with Crippen molar-refractivity contribution in [3.63, 3.8) is 0 Å². The van der Waals surface area contributed by atoms with Crippen molar-refractivity contribution >= 4 is 10.8 Å². The van der Waals surface area contributed by atoms with Crippen molar-refractivity contribution in [3.05, 3.63) is 77.1 Å². The number of hydrogen-bond donors (Lipinski definition) is 0. The summed E-state index contributed by atoms with van der Waals surface area (Å²) in [6.07, 6.45) is 2.96. The highest BCUT2D eigenvalue weighted by molar-refractivity contribution is 5.87. The Morgan fingerprint density at radius 2 is 1.69 bits per heavy atom. The number of fused-ring (bicyclic) bond motifs is 3. The molecule has 2 atom stereocenters. The van der Waals surface area contributed by atoms with Crippen LogP contribution in [0.15, 0.2) is 54.6 Å². The highest BCUT2D eigenvalue weighted by Gasteiger charge is 2.33. The summed E-state index contributed by atoms with van der Waals surface area (Å²) in [5, 5.41) is 1.95. The smallest absolute Gasteiger partial charge is 0.406 e. The Labute approximate surface area is 186 Å². The lowest BCUT2D eigenvalue weighted by Crippen LogP contribution is -2.22. The minimum absolute atomic E-state index is 0.0768. The van der Waals surface area contributed by atoms with E-state index in [0.717, 1.165) is 47.6 Å². The lowest BCUT2D eigenvalue weighted by atomic mass is 9.69. The quantitative estimate of drug-likeness (QED) is 0.262. The van der Waals surface area contributed by atoms with Crippen molar-refractivity contribution in [2.75, 3.05) is 0 Å². The van der Waals surface area contributed by atoms with Crippen LogP contribution in [0, 0.1) is 11.7 Å². The molecular formula is C27H28F4O. The molecule has 3 aromatic rings. The summed E-state index contributed by atoms with van der Waals surface area (Å²) in [4.78, 5) is 0. The van der Waals surface area contributed by atoms with E-state index in [1.807, 2.05) is 6.07 Å². The molecule has 1 aliphatic carbocycles. The second kappa shape index (κ2) is 9.51. The Kier molecular flexibility index (Phi) is 6.73. The molecule has 0 spiro atoms. The van der Waals surface area contributed by atoms with Crippen LogP contribution in [0.5, 0.6) is 5.75 Å². The van der Waals surface area contributed by atoms with E-state index in [4.69, 9.17) is 0 Å². The molecule has 32 heavy (non-hydrogen) atoms. The Bertz CT molecular complexity index is 1060. The van der Waals surface area contributed by atoms with Crippen LogP contribution in [-0.2, 0) is 6.42 Å². The standard InChI is InChI=1S/C27H28F4O/c1-2-3-4-5-6-19-11-15-23-24(16-10-18-7-12-21(28)17-25(18)23)26(19)20-8-13-22(14-9-20)32-27(29,30)31/h7-10,12-14,16-17,19,26H,2-6,11,15H2,1H3/t19-,26-/m1/s1. The van der Waals surface area contributed by atoms with Crippen molar-refractivity contribution < 1.29 is 22.3 Å².